The van der Waals surface area contributed by atoms with E-state index in [-0.39, 0.29) is 17.2 Å². The average molecular weight is 268 g/mol. The minimum Gasteiger partial charge on any atom is -0.322 e. The fraction of sp³-hybridized carbons (Fsp3) is 0.500. The number of piperidine rings is 1. The molecule has 1 saturated heterocycles. The van der Waals surface area contributed by atoms with Crippen molar-refractivity contribution in [3.8, 4) is 0 Å². The van der Waals surface area contributed by atoms with Gasteiger partial charge in [-0.25, -0.2) is 8.78 Å². The van der Waals surface area contributed by atoms with E-state index >= 15 is 0 Å². The van der Waals surface area contributed by atoms with Crippen molar-refractivity contribution in [2.45, 2.75) is 38.6 Å². The summed E-state index contributed by atoms with van der Waals surface area (Å²) in [7, 11) is 0. The number of halogens is 2. The second kappa shape index (κ2) is 5.25. The van der Waals surface area contributed by atoms with E-state index in [4.69, 9.17) is 0 Å². The molecule has 1 aliphatic heterocycles. The van der Waals surface area contributed by atoms with Crippen LogP contribution >= 0.6 is 0 Å². The van der Waals surface area contributed by atoms with Gasteiger partial charge in [-0.15, -0.1) is 0 Å². The lowest BCUT2D eigenvalue weighted by Gasteiger charge is -2.33. The molecule has 2 N–H and O–H groups in total. The predicted molar refractivity (Wildman–Crippen MR) is 70.0 cm³/mol. The van der Waals surface area contributed by atoms with Crippen molar-refractivity contribution in [1.82, 2.24) is 5.32 Å². The van der Waals surface area contributed by atoms with Gasteiger partial charge in [0.25, 0.3) is 0 Å². The maximum atomic E-state index is 13.7. The molecule has 3 nitrogen and oxygen atoms in total. The summed E-state index contributed by atoms with van der Waals surface area (Å²) in [6.45, 7) is 4.02. The third-order valence-corrected chi connectivity index (χ3v) is 3.62. The monoisotopic (exact) mass is 268 g/mol. The molecule has 1 aromatic carbocycles. The van der Waals surface area contributed by atoms with Gasteiger partial charge in [0.15, 0.2) is 0 Å². The molecule has 0 spiro atoms. The summed E-state index contributed by atoms with van der Waals surface area (Å²) in [6, 6.07) is 2.11. The fourth-order valence-corrected chi connectivity index (χ4v) is 2.25. The normalized spacial score (nSPS) is 23.2. The maximum absolute atomic E-state index is 13.7. The van der Waals surface area contributed by atoms with Crippen molar-refractivity contribution in [1.29, 1.82) is 0 Å². The number of benzene rings is 1. The SMILES string of the molecule is Cc1cc(F)c(NC(=O)C2(C)CCCCN2)cc1F. The highest BCUT2D eigenvalue weighted by molar-refractivity contribution is 5.98. The Bertz CT molecular complexity index is 496. The van der Waals surface area contributed by atoms with Crippen molar-refractivity contribution >= 4 is 11.6 Å². The summed E-state index contributed by atoms with van der Waals surface area (Å²) >= 11 is 0. The highest BCUT2D eigenvalue weighted by Crippen LogP contribution is 2.23. The van der Waals surface area contributed by atoms with Crippen LogP contribution in [0.25, 0.3) is 0 Å². The molecule has 5 heteroatoms. The molecule has 1 atom stereocenters. The largest absolute Gasteiger partial charge is 0.322 e. The zero-order valence-corrected chi connectivity index (χ0v) is 11.1. The number of hydrogen-bond donors (Lipinski definition) is 2. The summed E-state index contributed by atoms with van der Waals surface area (Å²) < 4.78 is 27.1. The molecule has 0 aromatic heterocycles. The lowest BCUT2D eigenvalue weighted by molar-refractivity contribution is -0.122. The minimum absolute atomic E-state index is 0.110. The molecule has 1 aliphatic rings. The highest BCUT2D eigenvalue weighted by atomic mass is 19.1. The minimum atomic E-state index is -0.716. The standard InChI is InChI=1S/C14H18F2N2O/c1-9-7-11(16)12(8-10(9)15)18-13(19)14(2)5-3-4-6-17-14/h7-8,17H,3-6H2,1-2H3,(H,18,19). The number of aryl methyl sites for hydroxylation is 1. The van der Waals surface area contributed by atoms with Crippen LogP contribution in [0.3, 0.4) is 0 Å². The molecular formula is C14H18F2N2O. The molecule has 1 unspecified atom stereocenters. The van der Waals surface area contributed by atoms with Crippen LogP contribution in [-0.2, 0) is 4.79 Å². The van der Waals surface area contributed by atoms with E-state index in [9.17, 15) is 13.6 Å². The van der Waals surface area contributed by atoms with Gasteiger partial charge in [-0.1, -0.05) is 0 Å². The first kappa shape index (κ1) is 13.9. The number of nitrogens with one attached hydrogen (secondary N) is 2. The summed E-state index contributed by atoms with van der Waals surface area (Å²) in [5, 5.41) is 5.60. The van der Waals surface area contributed by atoms with Crippen LogP contribution in [-0.4, -0.2) is 18.0 Å². The molecule has 0 bridgehead atoms. The Morgan fingerprint density at radius 1 is 1.32 bits per heavy atom. The van der Waals surface area contributed by atoms with Crippen molar-refractivity contribution in [3.05, 3.63) is 29.3 Å². The molecule has 104 valence electrons. The van der Waals surface area contributed by atoms with Crippen LogP contribution in [0.4, 0.5) is 14.5 Å². The van der Waals surface area contributed by atoms with Gasteiger partial charge < -0.3 is 10.6 Å². The fourth-order valence-electron chi connectivity index (χ4n) is 2.25. The molecule has 1 aromatic rings. The Kier molecular flexibility index (Phi) is 3.85. The van der Waals surface area contributed by atoms with Gasteiger partial charge in [0.05, 0.1) is 11.2 Å². The van der Waals surface area contributed by atoms with Gasteiger partial charge in [0, 0.05) is 6.07 Å². The summed E-state index contributed by atoms with van der Waals surface area (Å²) in [4.78, 5) is 12.2. The Hall–Kier alpha value is -1.49. The van der Waals surface area contributed by atoms with Gasteiger partial charge in [-0.2, -0.15) is 0 Å². The molecule has 0 aliphatic carbocycles. The van der Waals surface area contributed by atoms with E-state index in [1.807, 2.05) is 0 Å². The second-order valence-electron chi connectivity index (χ2n) is 5.25. The van der Waals surface area contributed by atoms with Crippen LogP contribution in [0, 0.1) is 18.6 Å². The van der Waals surface area contributed by atoms with Crippen molar-refractivity contribution in [3.63, 3.8) is 0 Å². The smallest absolute Gasteiger partial charge is 0.244 e. The van der Waals surface area contributed by atoms with Gasteiger partial charge in [0.2, 0.25) is 5.91 Å². The van der Waals surface area contributed by atoms with Gasteiger partial charge in [0.1, 0.15) is 11.6 Å². The first-order valence-corrected chi connectivity index (χ1v) is 6.44. The van der Waals surface area contributed by atoms with Crippen LogP contribution in [0.2, 0.25) is 0 Å². The molecule has 1 fully saturated rings. The maximum Gasteiger partial charge on any atom is 0.244 e. The van der Waals surface area contributed by atoms with E-state index < -0.39 is 17.2 Å². The Morgan fingerprint density at radius 3 is 2.68 bits per heavy atom. The van der Waals surface area contributed by atoms with E-state index in [2.05, 4.69) is 10.6 Å². The Morgan fingerprint density at radius 2 is 2.05 bits per heavy atom. The van der Waals surface area contributed by atoms with Crippen LogP contribution in [0.15, 0.2) is 12.1 Å². The van der Waals surface area contributed by atoms with Crippen molar-refractivity contribution in [2.24, 2.45) is 0 Å². The summed E-state index contributed by atoms with van der Waals surface area (Å²) in [5.74, 6) is -1.47. The van der Waals surface area contributed by atoms with E-state index in [1.54, 1.807) is 6.92 Å². The van der Waals surface area contributed by atoms with Crippen LogP contribution in [0.1, 0.15) is 31.7 Å². The van der Waals surface area contributed by atoms with Crippen molar-refractivity contribution < 1.29 is 13.6 Å². The van der Waals surface area contributed by atoms with E-state index in [0.29, 0.717) is 6.42 Å². The number of carbonyl (C=O) groups excluding carboxylic acids is 1. The predicted octanol–water partition coefficient (Wildman–Crippen LogP) is 2.74. The van der Waals surface area contributed by atoms with Gasteiger partial charge >= 0.3 is 0 Å². The third-order valence-electron chi connectivity index (χ3n) is 3.62. The second-order valence-corrected chi connectivity index (χ2v) is 5.25. The molecular weight excluding hydrogens is 250 g/mol. The number of amides is 1. The molecule has 2 rings (SSSR count). The zero-order valence-electron chi connectivity index (χ0n) is 11.1. The number of anilines is 1. The number of rotatable bonds is 2. The molecule has 0 radical (unpaired) electrons. The third kappa shape index (κ3) is 2.92. The average Bonchev–Trinajstić information content (AvgIpc) is 2.36. The lowest BCUT2D eigenvalue weighted by atomic mass is 9.90. The molecule has 0 saturated carbocycles. The first-order valence-electron chi connectivity index (χ1n) is 6.44. The van der Waals surface area contributed by atoms with Gasteiger partial charge in [-0.05, 0) is 51.3 Å². The van der Waals surface area contributed by atoms with E-state index in [0.717, 1.165) is 31.5 Å². The summed E-state index contributed by atoms with van der Waals surface area (Å²) in [6.07, 6.45) is 2.66. The van der Waals surface area contributed by atoms with E-state index in [1.165, 1.54) is 6.92 Å². The number of hydrogen-bond acceptors (Lipinski definition) is 2. The van der Waals surface area contributed by atoms with Gasteiger partial charge in [-0.3, -0.25) is 4.79 Å². The topological polar surface area (TPSA) is 41.1 Å². The molecule has 1 amide bonds. The Labute approximate surface area is 111 Å². The lowest BCUT2D eigenvalue weighted by Crippen LogP contribution is -2.54. The van der Waals surface area contributed by atoms with Crippen molar-refractivity contribution in [2.75, 3.05) is 11.9 Å². The quantitative estimate of drug-likeness (QED) is 0.866. The molecule has 1 heterocycles. The van der Waals surface area contributed by atoms with Crippen LogP contribution < -0.4 is 10.6 Å². The Balaban J connectivity index is 2.16. The molecule has 19 heavy (non-hydrogen) atoms. The zero-order chi connectivity index (χ0) is 14.0. The summed E-state index contributed by atoms with van der Waals surface area (Å²) in [5.41, 5.74) is -0.606. The highest BCUT2D eigenvalue weighted by Gasteiger charge is 2.34. The van der Waals surface area contributed by atoms with Crippen LogP contribution in [0.5, 0.6) is 0 Å². The number of carbonyl (C=O) groups is 1. The first-order chi connectivity index (χ1) is 8.92.